The van der Waals surface area contributed by atoms with E-state index >= 15 is 0 Å². The van der Waals surface area contributed by atoms with Crippen molar-refractivity contribution in [3.63, 3.8) is 0 Å². The number of hydrogen-bond donors (Lipinski definition) is 2. The fourth-order valence-electron chi connectivity index (χ4n) is 2.62. The average Bonchev–Trinajstić information content (AvgIpc) is 2.70. The lowest BCUT2D eigenvalue weighted by Crippen LogP contribution is -2.33. The number of ether oxygens (including phenoxy) is 2. The van der Waals surface area contributed by atoms with Crippen molar-refractivity contribution in [2.24, 2.45) is 10.7 Å². The van der Waals surface area contributed by atoms with Gasteiger partial charge < -0.3 is 20.5 Å². The molecule has 1 aromatic carbocycles. The molecule has 0 aromatic heterocycles. The first-order valence-electron chi connectivity index (χ1n) is 7.80. The Morgan fingerprint density at radius 2 is 1.96 bits per heavy atom. The number of alkyl halides is 1. The molecule has 1 saturated carbocycles. The Labute approximate surface area is 152 Å². The van der Waals surface area contributed by atoms with Crippen LogP contribution in [0, 0.1) is 0 Å². The van der Waals surface area contributed by atoms with Gasteiger partial charge >= 0.3 is 0 Å². The minimum absolute atomic E-state index is 0. The van der Waals surface area contributed by atoms with E-state index in [9.17, 15) is 4.39 Å². The molecule has 3 rings (SSSR count). The molecule has 23 heavy (non-hydrogen) atoms. The van der Waals surface area contributed by atoms with Crippen LogP contribution in [0.25, 0.3) is 0 Å². The SMILES string of the molecule is I.NC(=NCCC1(F)CCC1)Nc1ccc2c(c1)OCCCO2. The largest absolute Gasteiger partial charge is 0.490 e. The molecular formula is C16H23FIN3O2. The molecule has 0 saturated heterocycles. The zero-order valence-electron chi connectivity index (χ0n) is 13.0. The quantitative estimate of drug-likeness (QED) is 0.432. The summed E-state index contributed by atoms with van der Waals surface area (Å²) in [5.41, 5.74) is 5.61. The maximum absolute atomic E-state index is 13.8. The molecule has 1 fully saturated rings. The summed E-state index contributed by atoms with van der Waals surface area (Å²) in [5, 5.41) is 3.00. The number of fused-ring (bicyclic) bond motifs is 1. The van der Waals surface area contributed by atoms with Crippen LogP contribution < -0.4 is 20.5 Å². The van der Waals surface area contributed by atoms with E-state index in [0.717, 1.165) is 24.3 Å². The summed E-state index contributed by atoms with van der Waals surface area (Å²) in [4.78, 5) is 4.19. The first-order valence-corrected chi connectivity index (χ1v) is 7.80. The third kappa shape index (κ3) is 4.86. The number of nitrogens with two attached hydrogens (primary N) is 1. The van der Waals surface area contributed by atoms with Gasteiger partial charge in [0.15, 0.2) is 17.5 Å². The van der Waals surface area contributed by atoms with Gasteiger partial charge in [-0.3, -0.25) is 4.99 Å². The predicted octanol–water partition coefficient (Wildman–Crippen LogP) is 3.47. The summed E-state index contributed by atoms with van der Waals surface area (Å²) >= 11 is 0. The van der Waals surface area contributed by atoms with E-state index < -0.39 is 5.67 Å². The number of nitrogens with one attached hydrogen (secondary N) is 1. The Kier molecular flexibility index (Phi) is 6.32. The molecule has 1 aliphatic carbocycles. The number of halogens is 2. The standard InChI is InChI=1S/C16H22FN3O2.HI/c17-16(5-1-6-16)7-8-19-15(18)20-12-3-4-13-14(11-12)22-10-2-9-21-13;/h3-4,11H,1-2,5-10H2,(H3,18,19,20);1H. The number of guanidine groups is 1. The average molecular weight is 435 g/mol. The summed E-state index contributed by atoms with van der Waals surface area (Å²) in [6, 6.07) is 5.55. The van der Waals surface area contributed by atoms with Crippen LogP contribution >= 0.6 is 24.0 Å². The van der Waals surface area contributed by atoms with Crippen LogP contribution in [0.5, 0.6) is 11.5 Å². The van der Waals surface area contributed by atoms with Crippen LogP contribution in [0.2, 0.25) is 0 Å². The van der Waals surface area contributed by atoms with Crippen LogP contribution in [-0.2, 0) is 0 Å². The van der Waals surface area contributed by atoms with Crippen LogP contribution in [0.1, 0.15) is 32.1 Å². The van der Waals surface area contributed by atoms with Gasteiger partial charge in [0, 0.05) is 31.1 Å². The molecule has 7 heteroatoms. The number of hydrogen-bond acceptors (Lipinski definition) is 3. The van der Waals surface area contributed by atoms with Crippen molar-refractivity contribution >= 4 is 35.6 Å². The highest BCUT2D eigenvalue weighted by atomic mass is 127. The van der Waals surface area contributed by atoms with E-state index in [1.54, 1.807) is 0 Å². The highest BCUT2D eigenvalue weighted by Crippen LogP contribution is 2.38. The number of benzene rings is 1. The minimum Gasteiger partial charge on any atom is -0.490 e. The summed E-state index contributed by atoms with van der Waals surface area (Å²) in [6.45, 7) is 1.70. The van der Waals surface area contributed by atoms with Crippen molar-refractivity contribution < 1.29 is 13.9 Å². The lowest BCUT2D eigenvalue weighted by Gasteiger charge is -2.33. The monoisotopic (exact) mass is 435 g/mol. The van der Waals surface area contributed by atoms with Crippen molar-refractivity contribution in [3.05, 3.63) is 18.2 Å². The Morgan fingerprint density at radius 3 is 2.65 bits per heavy atom. The highest BCUT2D eigenvalue weighted by Gasteiger charge is 2.36. The van der Waals surface area contributed by atoms with Gasteiger partial charge in [-0.05, 0) is 31.4 Å². The van der Waals surface area contributed by atoms with Gasteiger partial charge in [0.1, 0.15) is 5.67 Å². The predicted molar refractivity (Wildman–Crippen MR) is 99.9 cm³/mol. The molecule has 1 heterocycles. The maximum Gasteiger partial charge on any atom is 0.193 e. The third-order valence-electron chi connectivity index (χ3n) is 4.11. The fourth-order valence-corrected chi connectivity index (χ4v) is 2.62. The van der Waals surface area contributed by atoms with E-state index in [-0.39, 0.29) is 29.9 Å². The second-order valence-electron chi connectivity index (χ2n) is 5.86. The molecule has 0 bridgehead atoms. The van der Waals surface area contributed by atoms with Crippen molar-refractivity contribution in [2.45, 2.75) is 37.8 Å². The Bertz CT molecular complexity index is 564. The summed E-state index contributed by atoms with van der Waals surface area (Å²) < 4.78 is 25.0. The first kappa shape index (κ1) is 18.1. The van der Waals surface area contributed by atoms with Gasteiger partial charge in [-0.1, -0.05) is 0 Å². The Balaban J connectivity index is 0.00000192. The zero-order chi connectivity index (χ0) is 15.4. The highest BCUT2D eigenvalue weighted by molar-refractivity contribution is 14.0. The summed E-state index contributed by atoms with van der Waals surface area (Å²) in [5.74, 6) is 1.73. The first-order chi connectivity index (χ1) is 10.6. The minimum atomic E-state index is -1.01. The van der Waals surface area contributed by atoms with Gasteiger partial charge in [0.2, 0.25) is 0 Å². The van der Waals surface area contributed by atoms with E-state index in [4.69, 9.17) is 15.2 Å². The second-order valence-corrected chi connectivity index (χ2v) is 5.86. The lowest BCUT2D eigenvalue weighted by atomic mass is 9.80. The van der Waals surface area contributed by atoms with Crippen LogP contribution in [-0.4, -0.2) is 31.4 Å². The van der Waals surface area contributed by atoms with Crippen molar-refractivity contribution in [2.75, 3.05) is 25.1 Å². The molecule has 0 amide bonds. The molecule has 0 atom stereocenters. The van der Waals surface area contributed by atoms with Crippen LogP contribution in [0.15, 0.2) is 23.2 Å². The van der Waals surface area contributed by atoms with Crippen molar-refractivity contribution in [1.82, 2.24) is 0 Å². The van der Waals surface area contributed by atoms with E-state index in [1.165, 1.54) is 0 Å². The van der Waals surface area contributed by atoms with Gasteiger partial charge in [0.25, 0.3) is 0 Å². The van der Waals surface area contributed by atoms with Gasteiger partial charge in [0.05, 0.1) is 13.2 Å². The molecule has 2 aliphatic rings. The normalized spacial score (nSPS) is 19.1. The number of aliphatic imine (C=N–C) groups is 1. The van der Waals surface area contributed by atoms with Crippen LogP contribution in [0.3, 0.4) is 0 Å². The smallest absolute Gasteiger partial charge is 0.193 e. The van der Waals surface area contributed by atoms with E-state index in [2.05, 4.69) is 10.3 Å². The molecule has 5 nitrogen and oxygen atoms in total. The van der Waals surface area contributed by atoms with Crippen molar-refractivity contribution in [3.8, 4) is 11.5 Å². The second kappa shape index (κ2) is 8.03. The molecule has 128 valence electrons. The van der Waals surface area contributed by atoms with Crippen LogP contribution in [0.4, 0.5) is 10.1 Å². The van der Waals surface area contributed by atoms with E-state index in [1.807, 2.05) is 18.2 Å². The summed E-state index contributed by atoms with van der Waals surface area (Å²) in [6.07, 6.45) is 3.59. The summed E-state index contributed by atoms with van der Waals surface area (Å²) in [7, 11) is 0. The molecule has 1 aromatic rings. The zero-order valence-corrected chi connectivity index (χ0v) is 15.3. The number of rotatable bonds is 4. The molecule has 1 aliphatic heterocycles. The van der Waals surface area contributed by atoms with Gasteiger partial charge in [-0.25, -0.2) is 4.39 Å². The Morgan fingerprint density at radius 1 is 1.22 bits per heavy atom. The topological polar surface area (TPSA) is 68.9 Å². The number of anilines is 1. The van der Waals surface area contributed by atoms with Crippen molar-refractivity contribution in [1.29, 1.82) is 0 Å². The number of nitrogens with zero attached hydrogens (tertiary/aromatic N) is 1. The molecule has 0 radical (unpaired) electrons. The molecule has 0 unspecified atom stereocenters. The van der Waals surface area contributed by atoms with E-state index in [0.29, 0.717) is 44.8 Å². The molecular weight excluding hydrogens is 412 g/mol. The van der Waals surface area contributed by atoms with Gasteiger partial charge in [-0.15, -0.1) is 24.0 Å². The fraction of sp³-hybridized carbons (Fsp3) is 0.562. The lowest BCUT2D eigenvalue weighted by molar-refractivity contribution is 0.0568. The molecule has 3 N–H and O–H groups in total. The molecule has 0 spiro atoms. The van der Waals surface area contributed by atoms with Gasteiger partial charge in [-0.2, -0.15) is 0 Å². The third-order valence-corrected chi connectivity index (χ3v) is 4.11. The maximum atomic E-state index is 13.8. The Hall–Kier alpha value is -1.25.